The summed E-state index contributed by atoms with van der Waals surface area (Å²) in [6.07, 6.45) is 7.49. The number of nitrogens with two attached hydrogens (primary N) is 1. The lowest BCUT2D eigenvalue weighted by Gasteiger charge is -2.19. The number of ketones is 1. The molecule has 0 aliphatic heterocycles. The van der Waals surface area contributed by atoms with Crippen LogP contribution in [0.2, 0.25) is 0 Å². The van der Waals surface area contributed by atoms with Crippen molar-refractivity contribution in [2.24, 2.45) is 11.7 Å². The fraction of sp³-hybridized carbons (Fsp3) is 0.900. The predicted octanol–water partition coefficient (Wildman–Crippen LogP) is 2.12. The molecule has 12 heavy (non-hydrogen) atoms. The fourth-order valence-corrected chi connectivity index (χ4v) is 1.80. The van der Waals surface area contributed by atoms with Crippen LogP contribution in [0.4, 0.5) is 0 Å². The van der Waals surface area contributed by atoms with Gasteiger partial charge in [0.25, 0.3) is 0 Å². The minimum Gasteiger partial charge on any atom is -0.333 e. The van der Waals surface area contributed by atoms with Crippen molar-refractivity contribution in [1.29, 1.82) is 0 Å². The molecule has 1 fully saturated rings. The summed E-state index contributed by atoms with van der Waals surface area (Å²) in [7, 11) is 1.50. The zero-order valence-electron chi connectivity index (χ0n) is 8.31. The van der Waals surface area contributed by atoms with E-state index in [-0.39, 0.29) is 0 Å². The van der Waals surface area contributed by atoms with Crippen LogP contribution in [-0.4, -0.2) is 12.8 Å². The Balaban J connectivity index is 0.000000561. The monoisotopic (exact) mass is 171 g/mol. The summed E-state index contributed by atoms with van der Waals surface area (Å²) in [6.45, 7) is 1.70. The van der Waals surface area contributed by atoms with Crippen molar-refractivity contribution in [3.05, 3.63) is 0 Å². The summed E-state index contributed by atoms with van der Waals surface area (Å²) in [4.78, 5) is 10.7. The van der Waals surface area contributed by atoms with E-state index in [4.69, 9.17) is 0 Å². The number of hydrogen-bond donors (Lipinski definition) is 1. The van der Waals surface area contributed by atoms with E-state index in [1.807, 2.05) is 0 Å². The second-order valence-electron chi connectivity index (χ2n) is 3.41. The average Bonchev–Trinajstić information content (AvgIpc) is 2.08. The molecule has 0 heterocycles. The van der Waals surface area contributed by atoms with E-state index < -0.39 is 0 Å². The van der Waals surface area contributed by atoms with Crippen LogP contribution in [-0.2, 0) is 4.79 Å². The standard InChI is InChI=1S/C9H16O.CH5N/c1-8(10)7-9-5-3-2-4-6-9;1-2/h9H,2-7H2,1H3;2H2,1H3. The van der Waals surface area contributed by atoms with Gasteiger partial charge in [-0.15, -0.1) is 0 Å². The molecule has 2 heteroatoms. The second-order valence-corrected chi connectivity index (χ2v) is 3.41. The first-order valence-electron chi connectivity index (χ1n) is 4.86. The molecule has 0 spiro atoms. The molecular weight excluding hydrogens is 150 g/mol. The third kappa shape index (κ3) is 5.30. The minimum absolute atomic E-state index is 0.368. The van der Waals surface area contributed by atoms with Gasteiger partial charge >= 0.3 is 0 Å². The number of Topliss-reactive ketones (excluding diaryl/α,β-unsaturated/α-hetero) is 1. The lowest BCUT2D eigenvalue weighted by molar-refractivity contribution is -0.118. The van der Waals surface area contributed by atoms with Gasteiger partial charge in [-0.2, -0.15) is 0 Å². The molecule has 0 aromatic carbocycles. The fourth-order valence-electron chi connectivity index (χ4n) is 1.80. The Morgan fingerprint density at radius 3 is 2.17 bits per heavy atom. The van der Waals surface area contributed by atoms with E-state index in [9.17, 15) is 4.79 Å². The zero-order chi connectivity index (χ0) is 9.40. The Kier molecular flexibility index (Phi) is 7.06. The highest BCUT2D eigenvalue weighted by Gasteiger charge is 2.14. The van der Waals surface area contributed by atoms with E-state index in [0.717, 1.165) is 12.3 Å². The molecule has 0 aromatic heterocycles. The van der Waals surface area contributed by atoms with E-state index in [1.54, 1.807) is 6.92 Å². The minimum atomic E-state index is 0.368. The summed E-state index contributed by atoms with van der Waals surface area (Å²) in [5.74, 6) is 1.10. The molecule has 0 bridgehead atoms. The molecule has 1 aliphatic rings. The Morgan fingerprint density at radius 1 is 1.25 bits per heavy atom. The summed E-state index contributed by atoms with van der Waals surface area (Å²) in [5.41, 5.74) is 4.50. The molecule has 2 N–H and O–H groups in total. The van der Waals surface area contributed by atoms with Crippen LogP contribution in [0.15, 0.2) is 0 Å². The normalized spacial score (nSPS) is 17.9. The third-order valence-electron chi connectivity index (χ3n) is 2.30. The smallest absolute Gasteiger partial charge is 0.130 e. The van der Waals surface area contributed by atoms with Gasteiger partial charge in [0.05, 0.1) is 0 Å². The van der Waals surface area contributed by atoms with Gasteiger partial charge in [-0.1, -0.05) is 32.1 Å². The average molecular weight is 171 g/mol. The van der Waals surface area contributed by atoms with Crippen molar-refractivity contribution >= 4 is 5.78 Å². The Labute approximate surface area is 75.5 Å². The molecular formula is C10H21NO. The first-order chi connectivity index (χ1) is 5.79. The van der Waals surface area contributed by atoms with Gasteiger partial charge in [-0.05, 0) is 19.9 Å². The molecule has 0 saturated heterocycles. The topological polar surface area (TPSA) is 43.1 Å². The number of hydrogen-bond acceptors (Lipinski definition) is 2. The second kappa shape index (κ2) is 7.29. The first kappa shape index (κ1) is 11.6. The molecule has 0 radical (unpaired) electrons. The number of carbonyl (C=O) groups is 1. The van der Waals surface area contributed by atoms with Gasteiger partial charge in [0, 0.05) is 6.42 Å². The van der Waals surface area contributed by atoms with Gasteiger partial charge in [-0.3, -0.25) is 0 Å². The predicted molar refractivity (Wildman–Crippen MR) is 52.0 cm³/mol. The van der Waals surface area contributed by atoms with Crippen molar-refractivity contribution in [2.75, 3.05) is 7.05 Å². The van der Waals surface area contributed by atoms with E-state index >= 15 is 0 Å². The van der Waals surface area contributed by atoms with Gasteiger partial charge in [0.1, 0.15) is 5.78 Å². The summed E-state index contributed by atoms with van der Waals surface area (Å²) < 4.78 is 0. The molecule has 1 aliphatic carbocycles. The molecule has 1 rings (SSSR count). The lowest BCUT2D eigenvalue weighted by Crippen LogP contribution is -2.09. The Morgan fingerprint density at radius 2 is 1.75 bits per heavy atom. The Bertz CT molecular complexity index is 117. The van der Waals surface area contributed by atoms with Crippen molar-refractivity contribution in [1.82, 2.24) is 0 Å². The summed E-state index contributed by atoms with van der Waals surface area (Å²) >= 11 is 0. The van der Waals surface area contributed by atoms with Crippen LogP contribution in [0.1, 0.15) is 45.4 Å². The maximum absolute atomic E-state index is 10.7. The van der Waals surface area contributed by atoms with Gasteiger partial charge in [0.2, 0.25) is 0 Å². The quantitative estimate of drug-likeness (QED) is 0.691. The van der Waals surface area contributed by atoms with Crippen LogP contribution in [0.5, 0.6) is 0 Å². The molecule has 2 nitrogen and oxygen atoms in total. The summed E-state index contributed by atoms with van der Waals surface area (Å²) in [6, 6.07) is 0. The van der Waals surface area contributed by atoms with Gasteiger partial charge < -0.3 is 10.5 Å². The zero-order valence-corrected chi connectivity index (χ0v) is 8.31. The van der Waals surface area contributed by atoms with E-state index in [2.05, 4.69) is 5.73 Å². The molecule has 72 valence electrons. The summed E-state index contributed by atoms with van der Waals surface area (Å²) in [5, 5.41) is 0. The third-order valence-corrected chi connectivity index (χ3v) is 2.30. The van der Waals surface area contributed by atoms with Gasteiger partial charge in [0.15, 0.2) is 0 Å². The van der Waals surface area contributed by atoms with Crippen molar-refractivity contribution < 1.29 is 4.79 Å². The van der Waals surface area contributed by atoms with E-state index in [1.165, 1.54) is 39.2 Å². The van der Waals surface area contributed by atoms with Crippen molar-refractivity contribution in [2.45, 2.75) is 45.4 Å². The molecule has 0 amide bonds. The number of rotatable bonds is 2. The maximum Gasteiger partial charge on any atom is 0.130 e. The van der Waals surface area contributed by atoms with Crippen molar-refractivity contribution in [3.8, 4) is 0 Å². The SMILES string of the molecule is CC(=O)CC1CCCCC1.CN. The van der Waals surface area contributed by atoms with Gasteiger partial charge in [-0.25, -0.2) is 0 Å². The highest BCUT2D eigenvalue weighted by atomic mass is 16.1. The highest BCUT2D eigenvalue weighted by molar-refractivity contribution is 5.75. The molecule has 0 aromatic rings. The maximum atomic E-state index is 10.7. The van der Waals surface area contributed by atoms with Crippen molar-refractivity contribution in [3.63, 3.8) is 0 Å². The van der Waals surface area contributed by atoms with Crippen LogP contribution in [0.25, 0.3) is 0 Å². The van der Waals surface area contributed by atoms with Crippen LogP contribution in [0.3, 0.4) is 0 Å². The Hall–Kier alpha value is -0.370. The first-order valence-corrected chi connectivity index (χ1v) is 4.86. The largest absolute Gasteiger partial charge is 0.333 e. The molecule has 0 unspecified atom stereocenters. The number of carbonyl (C=O) groups excluding carboxylic acids is 1. The lowest BCUT2D eigenvalue weighted by atomic mass is 9.86. The van der Waals surface area contributed by atoms with Crippen LogP contribution < -0.4 is 5.73 Å². The molecule has 0 atom stereocenters. The van der Waals surface area contributed by atoms with E-state index in [0.29, 0.717) is 5.78 Å². The highest BCUT2D eigenvalue weighted by Crippen LogP contribution is 2.26. The molecule has 1 saturated carbocycles. The van der Waals surface area contributed by atoms with Crippen LogP contribution in [0, 0.1) is 5.92 Å². The van der Waals surface area contributed by atoms with Crippen LogP contribution >= 0.6 is 0 Å².